The number of esters is 4. The van der Waals surface area contributed by atoms with E-state index in [4.69, 9.17) is 37.0 Å². The molecule has 0 fully saturated rings. The van der Waals surface area contributed by atoms with Crippen LogP contribution in [0.1, 0.15) is 458 Å². The molecule has 0 saturated heterocycles. The zero-order chi connectivity index (χ0) is 76.2. The molecule has 0 aromatic heterocycles. The highest BCUT2D eigenvalue weighted by molar-refractivity contribution is 7.47. The fourth-order valence-electron chi connectivity index (χ4n) is 13.3. The summed E-state index contributed by atoms with van der Waals surface area (Å²) in [6, 6.07) is 0. The van der Waals surface area contributed by atoms with Gasteiger partial charge < -0.3 is 33.8 Å². The Kier molecular flexibility index (Phi) is 76.3. The lowest BCUT2D eigenvalue weighted by molar-refractivity contribution is -0.161. The monoisotopic (exact) mass is 1520 g/mol. The lowest BCUT2D eigenvalue weighted by atomic mass is 10.0. The van der Waals surface area contributed by atoms with E-state index in [0.29, 0.717) is 25.7 Å². The SMILES string of the molecule is CCCCCCCCCCCCCCCCCCCCCC(=O)OC[C@H](COP(=O)(O)OC[C@@H](O)COP(=O)(O)OC[C@@H](COC(=O)CCCCCCCCCCC(C)C)OC(=O)CCCCCCCCCCCCCCCCC)OC(=O)CCCCCCCCCCCCCCCCCCCCC. The summed E-state index contributed by atoms with van der Waals surface area (Å²) in [5.74, 6) is -1.37. The van der Waals surface area contributed by atoms with E-state index in [1.54, 1.807) is 0 Å². The van der Waals surface area contributed by atoms with Crippen molar-refractivity contribution in [2.75, 3.05) is 39.6 Å². The van der Waals surface area contributed by atoms with Gasteiger partial charge >= 0.3 is 39.5 Å². The molecule has 5 atom stereocenters. The summed E-state index contributed by atoms with van der Waals surface area (Å²) in [6.07, 6.45) is 70.9. The fraction of sp³-hybridized carbons (Fsp3) is 0.953. The first-order chi connectivity index (χ1) is 50.5. The van der Waals surface area contributed by atoms with Crippen LogP contribution in [0.4, 0.5) is 0 Å². The molecule has 0 bridgehead atoms. The van der Waals surface area contributed by atoms with E-state index in [1.807, 2.05) is 0 Å². The Hall–Kier alpha value is -1.94. The summed E-state index contributed by atoms with van der Waals surface area (Å²) in [5, 5.41) is 10.7. The van der Waals surface area contributed by atoms with E-state index in [0.717, 1.165) is 95.8 Å². The number of phosphoric acid groups is 2. The number of carbonyl (C=O) groups excluding carboxylic acids is 4. The van der Waals surface area contributed by atoms with Gasteiger partial charge in [-0.2, -0.15) is 0 Å². The molecular formula is C85H166O17P2. The number of hydrogen-bond donors (Lipinski definition) is 3. The number of ether oxygens (including phenoxy) is 4. The van der Waals surface area contributed by atoms with E-state index in [1.165, 1.54) is 283 Å². The number of hydrogen-bond acceptors (Lipinski definition) is 15. The maximum atomic E-state index is 13.1. The minimum absolute atomic E-state index is 0.108. The topological polar surface area (TPSA) is 237 Å². The largest absolute Gasteiger partial charge is 0.472 e. The van der Waals surface area contributed by atoms with Crippen LogP contribution in [0.3, 0.4) is 0 Å². The maximum absolute atomic E-state index is 13.1. The van der Waals surface area contributed by atoms with Gasteiger partial charge in [0.2, 0.25) is 0 Å². The third-order valence-corrected chi connectivity index (χ3v) is 21.9. The first-order valence-corrected chi connectivity index (χ1v) is 47.1. The van der Waals surface area contributed by atoms with Crippen LogP contribution < -0.4 is 0 Å². The second-order valence-corrected chi connectivity index (χ2v) is 34.0. The predicted molar refractivity (Wildman–Crippen MR) is 428 cm³/mol. The van der Waals surface area contributed by atoms with Gasteiger partial charge in [-0.15, -0.1) is 0 Å². The Morgan fingerprint density at radius 2 is 0.442 bits per heavy atom. The van der Waals surface area contributed by atoms with Gasteiger partial charge in [-0.3, -0.25) is 37.3 Å². The molecule has 0 saturated carbocycles. The predicted octanol–water partition coefficient (Wildman–Crippen LogP) is 26.0. The van der Waals surface area contributed by atoms with Crippen LogP contribution >= 0.6 is 15.6 Å². The maximum Gasteiger partial charge on any atom is 0.472 e. The van der Waals surface area contributed by atoms with Gasteiger partial charge in [0.15, 0.2) is 12.2 Å². The molecule has 0 aromatic carbocycles. The van der Waals surface area contributed by atoms with Gasteiger partial charge in [-0.05, 0) is 31.6 Å². The van der Waals surface area contributed by atoms with Crippen LogP contribution in [-0.2, 0) is 65.4 Å². The van der Waals surface area contributed by atoms with Crippen LogP contribution in [-0.4, -0.2) is 96.7 Å². The van der Waals surface area contributed by atoms with Crippen molar-refractivity contribution in [3.63, 3.8) is 0 Å². The summed E-state index contributed by atoms with van der Waals surface area (Å²) < 4.78 is 68.9. The van der Waals surface area contributed by atoms with Crippen LogP contribution in [0.15, 0.2) is 0 Å². The standard InChI is InChI=1S/C85H166O17P2/c1-6-9-12-15-18-21-24-27-30-32-34-36-39-41-44-47-53-58-63-68-82(87)95-74-80(101-84(89)71-66-61-56-49-46-43-40-37-35-33-31-28-25-22-19-16-13-10-7-2)76-99-103(91,92)97-72-79(86)73-98-104(93,94)100-77-81(75-96-83(88)69-64-59-54-51-50-52-57-62-67-78(4)5)102-85(90)70-65-60-55-48-45-42-38-29-26-23-20-17-14-11-8-3/h78-81,86H,6-77H2,1-5H3,(H,91,92)(H,93,94)/t79-,80-,81-/m1/s1. The number of aliphatic hydroxyl groups excluding tert-OH is 1. The average Bonchev–Trinajstić information content (AvgIpc) is 0.916. The van der Waals surface area contributed by atoms with Crippen molar-refractivity contribution in [1.29, 1.82) is 0 Å². The molecule has 0 heterocycles. The van der Waals surface area contributed by atoms with Crippen molar-refractivity contribution in [1.82, 2.24) is 0 Å². The van der Waals surface area contributed by atoms with Crippen molar-refractivity contribution in [2.24, 2.45) is 5.92 Å². The molecule has 0 amide bonds. The van der Waals surface area contributed by atoms with Crippen molar-refractivity contribution >= 4 is 39.5 Å². The Morgan fingerprint density at radius 1 is 0.260 bits per heavy atom. The molecule has 0 aliphatic heterocycles. The van der Waals surface area contributed by atoms with E-state index >= 15 is 0 Å². The Morgan fingerprint density at radius 3 is 0.654 bits per heavy atom. The molecule has 0 aliphatic rings. The highest BCUT2D eigenvalue weighted by Crippen LogP contribution is 2.45. The smallest absolute Gasteiger partial charge is 0.462 e. The molecule has 0 rings (SSSR count). The molecule has 0 aliphatic carbocycles. The minimum Gasteiger partial charge on any atom is -0.462 e. The zero-order valence-corrected chi connectivity index (χ0v) is 70.0. The number of phosphoric ester groups is 2. The molecule has 3 N–H and O–H groups in total. The Bertz CT molecular complexity index is 1980. The highest BCUT2D eigenvalue weighted by Gasteiger charge is 2.30. The van der Waals surface area contributed by atoms with Crippen molar-refractivity contribution < 1.29 is 80.2 Å². The summed E-state index contributed by atoms with van der Waals surface area (Å²) in [4.78, 5) is 73.2. The fourth-order valence-corrected chi connectivity index (χ4v) is 14.9. The van der Waals surface area contributed by atoms with E-state index < -0.39 is 97.5 Å². The van der Waals surface area contributed by atoms with Gasteiger partial charge in [0.25, 0.3) is 0 Å². The van der Waals surface area contributed by atoms with Gasteiger partial charge in [-0.25, -0.2) is 9.13 Å². The van der Waals surface area contributed by atoms with Crippen LogP contribution in [0.2, 0.25) is 0 Å². The quantitative estimate of drug-likeness (QED) is 0.0222. The first-order valence-electron chi connectivity index (χ1n) is 44.1. The van der Waals surface area contributed by atoms with Gasteiger partial charge in [0.05, 0.1) is 26.4 Å². The minimum atomic E-state index is -4.96. The van der Waals surface area contributed by atoms with Crippen LogP contribution in [0.5, 0.6) is 0 Å². The molecule has 0 spiro atoms. The van der Waals surface area contributed by atoms with E-state index in [9.17, 15) is 43.2 Å². The third-order valence-electron chi connectivity index (χ3n) is 20.0. The van der Waals surface area contributed by atoms with Crippen molar-refractivity contribution in [2.45, 2.75) is 477 Å². The lowest BCUT2D eigenvalue weighted by Gasteiger charge is -2.21. The van der Waals surface area contributed by atoms with Crippen LogP contribution in [0, 0.1) is 5.92 Å². The third kappa shape index (κ3) is 78.2. The summed E-state index contributed by atoms with van der Waals surface area (Å²) in [6.45, 7) is 7.33. The molecule has 618 valence electrons. The average molecular weight is 1520 g/mol. The van der Waals surface area contributed by atoms with Crippen LogP contribution in [0.25, 0.3) is 0 Å². The number of unbranched alkanes of at least 4 members (excludes halogenated alkanes) is 57. The molecule has 19 heteroatoms. The molecule has 0 aromatic rings. The second kappa shape index (κ2) is 77.8. The molecule has 2 unspecified atom stereocenters. The first kappa shape index (κ1) is 102. The Labute approximate surface area is 638 Å². The van der Waals surface area contributed by atoms with Gasteiger partial charge in [0, 0.05) is 25.7 Å². The molecule has 17 nitrogen and oxygen atoms in total. The number of rotatable bonds is 85. The Balaban J connectivity index is 5.24. The number of carbonyl (C=O) groups is 4. The highest BCUT2D eigenvalue weighted by atomic mass is 31.2. The van der Waals surface area contributed by atoms with E-state index in [2.05, 4.69) is 34.6 Å². The zero-order valence-electron chi connectivity index (χ0n) is 68.2. The molecular weight excluding hydrogens is 1350 g/mol. The normalized spacial score (nSPS) is 13.8. The van der Waals surface area contributed by atoms with Gasteiger partial charge in [0.1, 0.15) is 19.3 Å². The summed E-state index contributed by atoms with van der Waals surface area (Å²) in [5.41, 5.74) is 0. The van der Waals surface area contributed by atoms with Crippen molar-refractivity contribution in [3.05, 3.63) is 0 Å². The van der Waals surface area contributed by atoms with Gasteiger partial charge in [-0.1, -0.05) is 407 Å². The summed E-state index contributed by atoms with van der Waals surface area (Å²) in [7, 11) is -9.93. The lowest BCUT2D eigenvalue weighted by Crippen LogP contribution is -2.30. The molecule has 104 heavy (non-hydrogen) atoms. The molecule has 0 radical (unpaired) electrons. The van der Waals surface area contributed by atoms with Crippen molar-refractivity contribution in [3.8, 4) is 0 Å². The second-order valence-electron chi connectivity index (χ2n) is 31.1. The number of aliphatic hydroxyl groups is 1. The summed E-state index contributed by atoms with van der Waals surface area (Å²) >= 11 is 0. The van der Waals surface area contributed by atoms with E-state index in [-0.39, 0.29) is 25.7 Å².